The zero-order valence-electron chi connectivity index (χ0n) is 13.3. The monoisotopic (exact) mass is 327 g/mol. The summed E-state index contributed by atoms with van der Waals surface area (Å²) in [4.78, 5) is 13.9. The van der Waals surface area contributed by atoms with Gasteiger partial charge in [-0.05, 0) is 62.4 Å². The van der Waals surface area contributed by atoms with Gasteiger partial charge in [0, 0.05) is 6.04 Å². The topological polar surface area (TPSA) is 60.8 Å². The van der Waals surface area contributed by atoms with E-state index in [0.29, 0.717) is 6.04 Å². The van der Waals surface area contributed by atoms with Crippen molar-refractivity contribution in [2.45, 2.75) is 52.0 Å². The molecule has 4 nitrogen and oxygen atoms in total. The molecule has 2 rings (SSSR count). The summed E-state index contributed by atoms with van der Waals surface area (Å²) in [6, 6.07) is 3.90. The van der Waals surface area contributed by atoms with Crippen LogP contribution in [0.1, 0.15) is 54.6 Å². The molecule has 0 aliphatic heterocycles. The molecule has 1 aliphatic carbocycles. The second kappa shape index (κ2) is 8.39. The van der Waals surface area contributed by atoms with Crippen LogP contribution in [-0.2, 0) is 12.8 Å². The summed E-state index contributed by atoms with van der Waals surface area (Å²) in [5, 5.41) is 19.1. The molecule has 0 spiro atoms. The van der Waals surface area contributed by atoms with Crippen molar-refractivity contribution < 1.29 is 15.0 Å². The molecular formula is C17H26ClNO3. The Labute approximate surface area is 138 Å². The summed E-state index contributed by atoms with van der Waals surface area (Å²) in [5.74, 6) is -1.14. The number of fused-ring (bicyclic) bond motifs is 1. The van der Waals surface area contributed by atoms with E-state index >= 15 is 0 Å². The lowest BCUT2D eigenvalue weighted by molar-refractivity contribution is 0.0691. The first kappa shape index (κ1) is 18.8. The first-order valence-electron chi connectivity index (χ1n) is 7.89. The van der Waals surface area contributed by atoms with Gasteiger partial charge in [0.15, 0.2) is 0 Å². The number of halogens is 1. The molecule has 0 saturated carbocycles. The Bertz CT molecular complexity index is 513. The third-order valence-corrected chi connectivity index (χ3v) is 4.32. The fourth-order valence-corrected chi connectivity index (χ4v) is 3.42. The second-order valence-electron chi connectivity index (χ2n) is 5.84. The average Bonchev–Trinajstić information content (AvgIpc) is 2.46. The van der Waals surface area contributed by atoms with Crippen LogP contribution in [0.25, 0.3) is 0 Å². The zero-order chi connectivity index (χ0) is 15.4. The number of benzene rings is 1. The highest BCUT2D eigenvalue weighted by atomic mass is 35.5. The molecule has 0 heterocycles. The molecule has 0 amide bonds. The highest BCUT2D eigenvalue weighted by molar-refractivity contribution is 5.93. The Kier molecular flexibility index (Phi) is 7.17. The minimum Gasteiger partial charge on any atom is -0.507 e. The van der Waals surface area contributed by atoms with Crippen LogP contribution in [0.2, 0.25) is 0 Å². The number of carbonyl (C=O) groups is 1. The van der Waals surface area contributed by atoms with E-state index in [-0.39, 0.29) is 23.7 Å². The van der Waals surface area contributed by atoms with Gasteiger partial charge in [-0.1, -0.05) is 19.9 Å². The molecule has 1 aromatic carbocycles. The van der Waals surface area contributed by atoms with Crippen LogP contribution < -0.4 is 0 Å². The number of rotatable bonds is 6. The van der Waals surface area contributed by atoms with Gasteiger partial charge in [0.2, 0.25) is 0 Å². The van der Waals surface area contributed by atoms with Gasteiger partial charge in [-0.2, -0.15) is 0 Å². The number of nitrogens with zero attached hydrogens (tertiary/aromatic N) is 1. The Morgan fingerprint density at radius 1 is 1.27 bits per heavy atom. The lowest BCUT2D eigenvalue weighted by atomic mass is 9.84. The third kappa shape index (κ3) is 3.93. The van der Waals surface area contributed by atoms with Crippen LogP contribution in [0.3, 0.4) is 0 Å². The van der Waals surface area contributed by atoms with Crippen LogP contribution in [0.5, 0.6) is 5.75 Å². The van der Waals surface area contributed by atoms with E-state index in [1.54, 1.807) is 0 Å². The Balaban J connectivity index is 0.00000242. The fourth-order valence-electron chi connectivity index (χ4n) is 3.42. The van der Waals surface area contributed by atoms with E-state index in [4.69, 9.17) is 0 Å². The van der Waals surface area contributed by atoms with Crippen molar-refractivity contribution in [3.8, 4) is 5.75 Å². The Hall–Kier alpha value is -1.26. The zero-order valence-corrected chi connectivity index (χ0v) is 14.2. The van der Waals surface area contributed by atoms with E-state index < -0.39 is 5.97 Å². The normalized spacial score (nSPS) is 17.0. The van der Waals surface area contributed by atoms with Crippen LogP contribution in [0, 0.1) is 0 Å². The van der Waals surface area contributed by atoms with Crippen LogP contribution in [-0.4, -0.2) is 40.2 Å². The molecule has 2 N–H and O–H groups in total. The molecule has 124 valence electrons. The van der Waals surface area contributed by atoms with Crippen molar-refractivity contribution in [1.29, 1.82) is 0 Å². The maximum atomic E-state index is 11.3. The standard InChI is InChI=1S/C17H25NO3.ClH/c1-3-9-18(10-4-2)13-6-7-14-12(11-13)5-8-15(19)16(14)17(20)21;/h5,8,13,19H,3-4,6-7,9-11H2,1-2H3,(H,20,21);1H. The van der Waals surface area contributed by atoms with Gasteiger partial charge >= 0.3 is 5.97 Å². The minimum atomic E-state index is -1.03. The summed E-state index contributed by atoms with van der Waals surface area (Å²) in [7, 11) is 0. The number of hydrogen-bond acceptors (Lipinski definition) is 3. The third-order valence-electron chi connectivity index (χ3n) is 4.32. The maximum Gasteiger partial charge on any atom is 0.339 e. The van der Waals surface area contributed by atoms with Crippen molar-refractivity contribution in [3.05, 3.63) is 28.8 Å². The quantitative estimate of drug-likeness (QED) is 0.839. The first-order valence-corrected chi connectivity index (χ1v) is 7.89. The lowest BCUT2D eigenvalue weighted by Gasteiger charge is -2.35. The SMILES string of the molecule is CCCN(CCC)C1CCc2c(ccc(O)c2C(=O)O)C1.Cl. The van der Waals surface area contributed by atoms with Crippen molar-refractivity contribution >= 4 is 18.4 Å². The molecule has 0 bridgehead atoms. The number of carboxylic acids is 1. The van der Waals surface area contributed by atoms with Crippen LogP contribution in [0.15, 0.2) is 12.1 Å². The van der Waals surface area contributed by atoms with Gasteiger partial charge in [0.05, 0.1) is 0 Å². The van der Waals surface area contributed by atoms with Crippen LogP contribution in [0.4, 0.5) is 0 Å². The fraction of sp³-hybridized carbons (Fsp3) is 0.588. The van der Waals surface area contributed by atoms with Crippen molar-refractivity contribution in [1.82, 2.24) is 4.90 Å². The van der Waals surface area contributed by atoms with E-state index in [2.05, 4.69) is 18.7 Å². The van der Waals surface area contributed by atoms with Gasteiger partial charge in [0.1, 0.15) is 11.3 Å². The molecule has 22 heavy (non-hydrogen) atoms. The van der Waals surface area contributed by atoms with Crippen molar-refractivity contribution in [2.24, 2.45) is 0 Å². The highest BCUT2D eigenvalue weighted by Gasteiger charge is 2.27. The highest BCUT2D eigenvalue weighted by Crippen LogP contribution is 2.32. The summed E-state index contributed by atoms with van der Waals surface area (Å²) >= 11 is 0. The second-order valence-corrected chi connectivity index (χ2v) is 5.84. The molecule has 1 aromatic rings. The molecule has 0 radical (unpaired) electrons. The van der Waals surface area contributed by atoms with Gasteiger partial charge < -0.3 is 15.1 Å². The van der Waals surface area contributed by atoms with Gasteiger partial charge in [-0.15, -0.1) is 12.4 Å². The molecule has 1 unspecified atom stereocenters. The largest absolute Gasteiger partial charge is 0.507 e. The number of aromatic hydroxyl groups is 1. The van der Waals surface area contributed by atoms with Crippen LogP contribution >= 0.6 is 12.4 Å². The molecular weight excluding hydrogens is 302 g/mol. The van der Waals surface area contributed by atoms with E-state index in [9.17, 15) is 15.0 Å². The van der Waals surface area contributed by atoms with Gasteiger partial charge in [0.25, 0.3) is 0 Å². The summed E-state index contributed by atoms with van der Waals surface area (Å²) in [6.45, 7) is 6.58. The number of aromatic carboxylic acids is 1. The lowest BCUT2D eigenvalue weighted by Crippen LogP contribution is -2.40. The molecule has 0 saturated heterocycles. The maximum absolute atomic E-state index is 11.3. The predicted molar refractivity (Wildman–Crippen MR) is 90.3 cm³/mol. The van der Waals surface area contributed by atoms with Gasteiger partial charge in [-0.3, -0.25) is 0 Å². The number of phenols is 1. The predicted octanol–water partition coefficient (Wildman–Crippen LogP) is 3.49. The summed E-state index contributed by atoms with van der Waals surface area (Å²) < 4.78 is 0. The molecule has 1 aliphatic rings. The Morgan fingerprint density at radius 3 is 2.45 bits per heavy atom. The molecule has 0 aromatic heterocycles. The summed E-state index contributed by atoms with van der Waals surface area (Å²) in [6.07, 6.45) is 4.87. The van der Waals surface area contributed by atoms with Crippen molar-refractivity contribution in [2.75, 3.05) is 13.1 Å². The minimum absolute atomic E-state index is 0. The molecule has 5 heteroatoms. The molecule has 0 fully saturated rings. The number of hydrogen-bond donors (Lipinski definition) is 2. The first-order chi connectivity index (χ1) is 10.1. The van der Waals surface area contributed by atoms with E-state index in [1.807, 2.05) is 6.07 Å². The van der Waals surface area contributed by atoms with Gasteiger partial charge in [-0.25, -0.2) is 4.79 Å². The Morgan fingerprint density at radius 2 is 1.91 bits per heavy atom. The summed E-state index contributed by atoms with van der Waals surface area (Å²) in [5.41, 5.74) is 2.01. The smallest absolute Gasteiger partial charge is 0.339 e. The average molecular weight is 328 g/mol. The van der Waals surface area contributed by atoms with Crippen molar-refractivity contribution in [3.63, 3.8) is 0 Å². The molecule has 1 atom stereocenters. The van der Waals surface area contributed by atoms with E-state index in [1.165, 1.54) is 6.07 Å². The van der Waals surface area contributed by atoms with E-state index in [0.717, 1.165) is 56.3 Å². The number of carboxylic acid groups (broad SMARTS) is 1.